The predicted octanol–water partition coefficient (Wildman–Crippen LogP) is 2.19. The second-order valence-corrected chi connectivity index (χ2v) is 7.18. The van der Waals surface area contributed by atoms with Crippen molar-refractivity contribution in [3.63, 3.8) is 0 Å². The molecule has 1 N–H and O–H groups in total. The molecule has 32 heavy (non-hydrogen) atoms. The highest BCUT2D eigenvalue weighted by molar-refractivity contribution is 5.88. The van der Waals surface area contributed by atoms with E-state index in [4.69, 9.17) is 13.6 Å². The molecule has 2 fully saturated rings. The van der Waals surface area contributed by atoms with E-state index in [1.807, 2.05) is 15.1 Å². The smallest absolute Gasteiger partial charge is 0.378 e. The minimum atomic E-state index is -4.83. The van der Waals surface area contributed by atoms with E-state index in [2.05, 4.69) is 15.0 Å². The molecule has 2 aromatic heterocycles. The summed E-state index contributed by atoms with van der Waals surface area (Å²) in [7, 11) is 0. The number of morpholine rings is 2. The van der Waals surface area contributed by atoms with Crippen LogP contribution in [0.25, 0.3) is 11.3 Å². The molecule has 2 aliphatic heterocycles. The van der Waals surface area contributed by atoms with E-state index in [1.54, 1.807) is 0 Å². The number of carbonyl (C=O) groups is 1. The second-order valence-electron chi connectivity index (χ2n) is 7.18. The summed E-state index contributed by atoms with van der Waals surface area (Å²) in [5.41, 5.74) is -1.44. The Labute approximate surface area is 186 Å². The number of anilines is 3. The molecular formula is C20H23F3N6O3. The lowest BCUT2D eigenvalue weighted by atomic mass is 10.1. The van der Waals surface area contributed by atoms with Gasteiger partial charge in [0.15, 0.2) is 0 Å². The number of nitrogens with one attached hydrogen (secondary N) is 1. The molecule has 172 valence electrons. The Bertz CT molecular complexity index is 1040. The summed E-state index contributed by atoms with van der Waals surface area (Å²) in [5.74, 6) is -1.25. The lowest BCUT2D eigenvalue weighted by Gasteiger charge is -2.31. The summed E-state index contributed by atoms with van der Waals surface area (Å²) in [6.45, 7) is 0.756. The van der Waals surface area contributed by atoms with Crippen LogP contribution in [0.15, 0.2) is 18.3 Å². The van der Waals surface area contributed by atoms with Crippen LogP contribution in [0.2, 0.25) is 0 Å². The average molecular weight is 455 g/mol. The molecule has 0 bridgehead atoms. The van der Waals surface area contributed by atoms with Gasteiger partial charge < -0.3 is 24.6 Å². The third kappa shape index (κ3) is 5.07. The quantitative estimate of drug-likeness (QED) is 0.750. The van der Waals surface area contributed by atoms with Crippen molar-refractivity contribution < 1.29 is 31.6 Å². The van der Waals surface area contributed by atoms with E-state index in [1.165, 1.54) is 6.07 Å². The van der Waals surface area contributed by atoms with Crippen molar-refractivity contribution in [1.82, 2.24) is 15.0 Å². The standard InChI is InChI=1S/C20H23F3N6O3/c1-13(30)25-17-10-15(20(21,22)23)14(12-24-17)16-11-18(28-2-6-31-7-3-28)27-19(26-16)29-4-8-32-9-5-29/h10-12H,2-9H2,1H3,(H,24,25,30)/i1D3. The summed E-state index contributed by atoms with van der Waals surface area (Å²) in [5, 5.41) is 1.91. The van der Waals surface area contributed by atoms with Crippen molar-refractivity contribution in [2.45, 2.75) is 13.0 Å². The van der Waals surface area contributed by atoms with E-state index in [0.29, 0.717) is 64.5 Å². The highest BCUT2D eigenvalue weighted by Gasteiger charge is 2.35. The molecule has 9 nitrogen and oxygen atoms in total. The maximum atomic E-state index is 14.0. The maximum absolute atomic E-state index is 14.0. The second kappa shape index (κ2) is 9.25. The van der Waals surface area contributed by atoms with Gasteiger partial charge in [0.25, 0.3) is 0 Å². The Morgan fingerprint density at radius 1 is 1.06 bits per heavy atom. The van der Waals surface area contributed by atoms with Gasteiger partial charge >= 0.3 is 6.18 Å². The summed E-state index contributed by atoms with van der Waals surface area (Å²) < 4.78 is 74.2. The van der Waals surface area contributed by atoms with Crippen molar-refractivity contribution in [2.24, 2.45) is 0 Å². The van der Waals surface area contributed by atoms with Gasteiger partial charge in [-0.1, -0.05) is 0 Å². The Morgan fingerprint density at radius 3 is 2.34 bits per heavy atom. The van der Waals surface area contributed by atoms with Crippen LogP contribution in [-0.2, 0) is 20.4 Å². The van der Waals surface area contributed by atoms with Gasteiger partial charge in [-0.15, -0.1) is 0 Å². The molecule has 4 rings (SSSR count). The van der Waals surface area contributed by atoms with Gasteiger partial charge in [-0.05, 0) is 6.07 Å². The third-order valence-electron chi connectivity index (χ3n) is 5.06. The number of hydrogen-bond donors (Lipinski definition) is 1. The number of nitrogens with zero attached hydrogens (tertiary/aromatic N) is 5. The summed E-state index contributed by atoms with van der Waals surface area (Å²) >= 11 is 0. The Kier molecular flexibility index (Phi) is 5.37. The van der Waals surface area contributed by atoms with E-state index < -0.39 is 30.3 Å². The number of ether oxygens (including phenoxy) is 2. The Hall–Kier alpha value is -2.99. The number of alkyl halides is 3. The number of aromatic nitrogens is 3. The fourth-order valence-electron chi connectivity index (χ4n) is 3.50. The van der Waals surface area contributed by atoms with Crippen LogP contribution in [0.1, 0.15) is 16.5 Å². The van der Waals surface area contributed by atoms with Gasteiger partial charge in [-0.3, -0.25) is 4.79 Å². The molecule has 0 atom stereocenters. The molecular weight excluding hydrogens is 429 g/mol. The molecule has 0 aromatic carbocycles. The first kappa shape index (κ1) is 18.6. The Balaban J connectivity index is 1.78. The molecule has 0 radical (unpaired) electrons. The minimum Gasteiger partial charge on any atom is -0.378 e. The van der Waals surface area contributed by atoms with Crippen molar-refractivity contribution in [3.05, 3.63) is 23.9 Å². The SMILES string of the molecule is [2H]C([2H])([2H])C(=O)Nc1cc(C(F)(F)F)c(-c2cc(N3CCOCC3)nc(N3CCOCC3)n2)cn1. The third-order valence-corrected chi connectivity index (χ3v) is 5.06. The monoisotopic (exact) mass is 455 g/mol. The minimum absolute atomic E-state index is 0.00323. The Morgan fingerprint density at radius 2 is 1.72 bits per heavy atom. The van der Waals surface area contributed by atoms with Crippen LogP contribution in [-0.4, -0.2) is 73.5 Å². The number of halogens is 3. The van der Waals surface area contributed by atoms with Crippen LogP contribution in [0.4, 0.5) is 30.8 Å². The van der Waals surface area contributed by atoms with Gasteiger partial charge in [0.2, 0.25) is 11.9 Å². The van der Waals surface area contributed by atoms with Gasteiger partial charge in [0.05, 0.1) is 37.7 Å². The van der Waals surface area contributed by atoms with Crippen molar-refractivity contribution in [3.8, 4) is 11.3 Å². The van der Waals surface area contributed by atoms with Crippen LogP contribution in [0.5, 0.6) is 0 Å². The number of rotatable bonds is 4. The van der Waals surface area contributed by atoms with Gasteiger partial charge in [0, 0.05) is 55.0 Å². The van der Waals surface area contributed by atoms with E-state index >= 15 is 0 Å². The molecule has 2 aliphatic rings. The average Bonchev–Trinajstić information content (AvgIpc) is 2.83. The first-order valence-corrected chi connectivity index (χ1v) is 9.96. The van der Waals surface area contributed by atoms with Gasteiger partial charge in [0.1, 0.15) is 11.6 Å². The molecule has 0 unspecified atom stereocenters. The summed E-state index contributed by atoms with van der Waals surface area (Å²) in [6.07, 6.45) is -3.91. The number of carbonyl (C=O) groups excluding carboxylic acids is 1. The van der Waals surface area contributed by atoms with Crippen LogP contribution in [0, 0.1) is 0 Å². The number of hydrogen-bond acceptors (Lipinski definition) is 8. The predicted molar refractivity (Wildman–Crippen MR) is 111 cm³/mol. The number of pyridine rings is 1. The van der Waals surface area contributed by atoms with E-state index in [0.717, 1.165) is 6.20 Å². The molecule has 0 spiro atoms. The van der Waals surface area contributed by atoms with Crippen molar-refractivity contribution >= 4 is 23.5 Å². The first-order valence-electron chi connectivity index (χ1n) is 11.5. The highest BCUT2D eigenvalue weighted by Crippen LogP contribution is 2.38. The molecule has 12 heteroatoms. The van der Waals surface area contributed by atoms with Gasteiger partial charge in [-0.25, -0.2) is 9.97 Å². The van der Waals surface area contributed by atoms with Crippen LogP contribution >= 0.6 is 0 Å². The molecule has 0 aliphatic carbocycles. The largest absolute Gasteiger partial charge is 0.417 e. The highest BCUT2D eigenvalue weighted by atomic mass is 19.4. The van der Waals surface area contributed by atoms with Gasteiger partial charge in [-0.2, -0.15) is 18.2 Å². The zero-order chi connectivity index (χ0) is 25.2. The summed E-state index contributed by atoms with van der Waals surface area (Å²) in [6, 6.07) is 2.06. The fraction of sp³-hybridized carbons (Fsp3) is 0.500. The molecule has 2 saturated heterocycles. The normalized spacial score (nSPS) is 19.2. The first-order chi connectivity index (χ1) is 16.5. The lowest BCUT2D eigenvalue weighted by Crippen LogP contribution is -2.39. The van der Waals surface area contributed by atoms with Crippen LogP contribution < -0.4 is 15.1 Å². The van der Waals surface area contributed by atoms with Crippen molar-refractivity contribution in [2.75, 3.05) is 67.7 Å². The summed E-state index contributed by atoms with van der Waals surface area (Å²) in [4.78, 5) is 28.3. The molecule has 2 aromatic rings. The molecule has 1 amide bonds. The lowest BCUT2D eigenvalue weighted by molar-refractivity contribution is -0.137. The zero-order valence-electron chi connectivity index (χ0n) is 20.0. The van der Waals surface area contributed by atoms with E-state index in [-0.39, 0.29) is 17.2 Å². The fourth-order valence-corrected chi connectivity index (χ4v) is 3.50. The van der Waals surface area contributed by atoms with Crippen molar-refractivity contribution in [1.29, 1.82) is 0 Å². The molecule has 4 heterocycles. The topological polar surface area (TPSA) is 92.7 Å². The molecule has 0 saturated carbocycles. The zero-order valence-corrected chi connectivity index (χ0v) is 17.0. The number of amides is 1. The van der Waals surface area contributed by atoms with E-state index in [9.17, 15) is 18.0 Å². The van der Waals surface area contributed by atoms with Crippen LogP contribution in [0.3, 0.4) is 0 Å². The maximum Gasteiger partial charge on any atom is 0.417 e.